The van der Waals surface area contributed by atoms with Gasteiger partial charge in [-0.25, -0.2) is 0 Å². The molecule has 0 unspecified atom stereocenters. The Morgan fingerprint density at radius 2 is 1.74 bits per heavy atom. The molecule has 31 heavy (non-hydrogen) atoms. The Morgan fingerprint density at radius 3 is 2.42 bits per heavy atom. The minimum atomic E-state index is -0.195. The van der Waals surface area contributed by atoms with E-state index >= 15 is 0 Å². The largest absolute Gasteiger partial charge is 0.325 e. The number of nitrogens with zero attached hydrogens (tertiary/aromatic N) is 2. The van der Waals surface area contributed by atoms with Gasteiger partial charge in [0.15, 0.2) is 4.34 Å². The van der Waals surface area contributed by atoms with Crippen LogP contribution in [-0.2, 0) is 9.59 Å². The van der Waals surface area contributed by atoms with E-state index in [0.717, 1.165) is 53.8 Å². The molecule has 2 amide bonds. The van der Waals surface area contributed by atoms with Gasteiger partial charge in [-0.3, -0.25) is 9.59 Å². The maximum Gasteiger partial charge on any atom is 0.234 e. The molecule has 4 aliphatic rings. The van der Waals surface area contributed by atoms with Crippen LogP contribution < -0.4 is 10.6 Å². The Bertz CT molecular complexity index is 983. The number of thioether (sulfide) groups is 1. The predicted octanol–water partition coefficient (Wildman–Crippen LogP) is 5.04. The number of nitrogens with one attached hydrogen (secondary N) is 2. The molecule has 164 valence electrons. The molecule has 6 nitrogen and oxygen atoms in total. The van der Waals surface area contributed by atoms with Gasteiger partial charge in [0.05, 0.1) is 11.2 Å². The molecule has 1 aromatic carbocycles. The van der Waals surface area contributed by atoms with Crippen molar-refractivity contribution in [1.29, 1.82) is 0 Å². The number of aryl methyl sites for hydroxylation is 2. The zero-order valence-electron chi connectivity index (χ0n) is 17.9. The number of hydrogen-bond acceptors (Lipinski definition) is 6. The summed E-state index contributed by atoms with van der Waals surface area (Å²) >= 11 is 2.69. The summed E-state index contributed by atoms with van der Waals surface area (Å²) in [6.07, 6.45) is 7.04. The molecule has 4 bridgehead atoms. The van der Waals surface area contributed by atoms with Gasteiger partial charge < -0.3 is 10.6 Å². The normalized spacial score (nSPS) is 28.5. The van der Waals surface area contributed by atoms with E-state index in [2.05, 4.69) is 20.8 Å². The first-order chi connectivity index (χ1) is 14.9. The van der Waals surface area contributed by atoms with Gasteiger partial charge in [-0.15, -0.1) is 10.2 Å². The number of amides is 2. The number of benzene rings is 1. The van der Waals surface area contributed by atoms with Crippen molar-refractivity contribution in [1.82, 2.24) is 10.2 Å². The van der Waals surface area contributed by atoms with Gasteiger partial charge in [0.1, 0.15) is 0 Å². The second-order valence-corrected chi connectivity index (χ2v) is 11.9. The summed E-state index contributed by atoms with van der Waals surface area (Å²) in [6, 6.07) is 6.00. The first kappa shape index (κ1) is 20.9. The molecule has 0 aliphatic heterocycles. The van der Waals surface area contributed by atoms with Crippen LogP contribution in [0.1, 0.15) is 49.7 Å². The predicted molar refractivity (Wildman–Crippen MR) is 124 cm³/mol. The van der Waals surface area contributed by atoms with E-state index in [1.807, 2.05) is 32.0 Å². The van der Waals surface area contributed by atoms with Crippen molar-refractivity contribution in [3.63, 3.8) is 0 Å². The second kappa shape index (κ2) is 8.20. The van der Waals surface area contributed by atoms with Crippen LogP contribution in [0, 0.1) is 37.0 Å². The maximum absolute atomic E-state index is 13.2. The molecule has 0 saturated heterocycles. The van der Waals surface area contributed by atoms with E-state index < -0.39 is 0 Å². The topological polar surface area (TPSA) is 84.0 Å². The Hall–Kier alpha value is -1.93. The number of aromatic nitrogens is 2. The van der Waals surface area contributed by atoms with Crippen molar-refractivity contribution in [3.05, 3.63) is 29.3 Å². The van der Waals surface area contributed by atoms with Crippen LogP contribution in [0.25, 0.3) is 0 Å². The lowest BCUT2D eigenvalue weighted by molar-refractivity contribution is -0.140. The zero-order chi connectivity index (χ0) is 21.6. The average molecular weight is 457 g/mol. The first-order valence-corrected chi connectivity index (χ1v) is 12.8. The molecular weight excluding hydrogens is 428 g/mol. The van der Waals surface area contributed by atoms with Gasteiger partial charge in [-0.1, -0.05) is 35.2 Å². The third-order valence-corrected chi connectivity index (χ3v) is 9.11. The van der Waals surface area contributed by atoms with Crippen LogP contribution in [0.3, 0.4) is 0 Å². The van der Waals surface area contributed by atoms with Crippen molar-refractivity contribution >= 4 is 45.7 Å². The molecule has 8 heteroatoms. The molecule has 2 aromatic rings. The highest BCUT2D eigenvalue weighted by Crippen LogP contribution is 2.60. The molecule has 0 radical (unpaired) electrons. The monoisotopic (exact) mass is 456 g/mol. The molecule has 6 rings (SSSR count). The molecule has 0 atom stereocenters. The standard InChI is InChI=1S/C23H28N4O2S2/c1-13-3-4-14(2)18(5-13)24-19(28)12-30-22-27-26-21(31-22)25-20(29)23-9-15-6-16(10-23)8-17(7-15)11-23/h3-5,15-17H,6-12H2,1-2H3,(H,24,28)(H,25,26,29). The van der Waals surface area contributed by atoms with Gasteiger partial charge >= 0.3 is 0 Å². The van der Waals surface area contributed by atoms with Crippen LogP contribution in [-0.4, -0.2) is 27.8 Å². The lowest BCUT2D eigenvalue weighted by Crippen LogP contribution is -2.51. The fourth-order valence-corrected chi connectivity index (χ4v) is 7.67. The van der Waals surface area contributed by atoms with Crippen LogP contribution in [0.5, 0.6) is 0 Å². The van der Waals surface area contributed by atoms with Crippen molar-refractivity contribution in [2.24, 2.45) is 23.2 Å². The summed E-state index contributed by atoms with van der Waals surface area (Å²) < 4.78 is 0.692. The Kier molecular flexibility index (Phi) is 5.54. The zero-order valence-corrected chi connectivity index (χ0v) is 19.6. The molecule has 1 aromatic heterocycles. The smallest absolute Gasteiger partial charge is 0.234 e. The molecular formula is C23H28N4O2S2. The van der Waals surface area contributed by atoms with Gasteiger partial charge in [-0.2, -0.15) is 0 Å². The SMILES string of the molecule is Cc1ccc(C)c(NC(=O)CSc2nnc(NC(=O)C34CC5CC(CC(C5)C3)C4)s2)c1. The third-order valence-electron chi connectivity index (χ3n) is 7.14. The summed E-state index contributed by atoms with van der Waals surface area (Å²) in [5.74, 6) is 2.50. The minimum Gasteiger partial charge on any atom is -0.325 e. The van der Waals surface area contributed by atoms with Gasteiger partial charge in [0, 0.05) is 5.69 Å². The second-order valence-electron chi connectivity index (χ2n) is 9.68. The summed E-state index contributed by atoms with van der Waals surface area (Å²) in [7, 11) is 0. The van der Waals surface area contributed by atoms with Crippen molar-refractivity contribution in [2.45, 2.75) is 56.7 Å². The summed E-state index contributed by atoms with van der Waals surface area (Å²) in [5, 5.41) is 14.9. The fraction of sp³-hybridized carbons (Fsp3) is 0.565. The molecule has 4 aliphatic carbocycles. The third kappa shape index (κ3) is 4.37. The van der Waals surface area contributed by atoms with Crippen LogP contribution in [0.15, 0.2) is 22.5 Å². The molecule has 2 N–H and O–H groups in total. The van der Waals surface area contributed by atoms with Gasteiger partial charge in [0.25, 0.3) is 0 Å². The molecule has 1 heterocycles. The van der Waals surface area contributed by atoms with Crippen LogP contribution in [0.4, 0.5) is 10.8 Å². The Morgan fingerprint density at radius 1 is 1.06 bits per heavy atom. The number of carbonyl (C=O) groups is 2. The van der Waals surface area contributed by atoms with Crippen LogP contribution >= 0.6 is 23.1 Å². The van der Waals surface area contributed by atoms with Crippen LogP contribution in [0.2, 0.25) is 0 Å². The summed E-state index contributed by atoms with van der Waals surface area (Å²) in [6.45, 7) is 3.98. The molecule has 4 fully saturated rings. The summed E-state index contributed by atoms with van der Waals surface area (Å²) in [4.78, 5) is 25.5. The van der Waals surface area contributed by atoms with E-state index in [-0.39, 0.29) is 23.0 Å². The minimum absolute atomic E-state index is 0.0759. The molecule has 4 saturated carbocycles. The summed E-state index contributed by atoms with van der Waals surface area (Å²) in [5.41, 5.74) is 2.79. The van der Waals surface area contributed by atoms with Crippen molar-refractivity contribution in [3.8, 4) is 0 Å². The number of rotatable bonds is 6. The first-order valence-electron chi connectivity index (χ1n) is 11.0. The van der Waals surface area contributed by atoms with Gasteiger partial charge in [0.2, 0.25) is 16.9 Å². The van der Waals surface area contributed by atoms with E-state index in [1.54, 1.807) is 0 Å². The van der Waals surface area contributed by atoms with Crippen molar-refractivity contribution < 1.29 is 9.59 Å². The Labute approximate surface area is 191 Å². The van der Waals surface area contributed by atoms with E-state index in [9.17, 15) is 9.59 Å². The van der Waals surface area contributed by atoms with E-state index in [1.165, 1.54) is 42.4 Å². The number of anilines is 2. The van der Waals surface area contributed by atoms with E-state index in [0.29, 0.717) is 9.47 Å². The van der Waals surface area contributed by atoms with Gasteiger partial charge in [-0.05, 0) is 87.3 Å². The fourth-order valence-electron chi connectivity index (χ4n) is 6.12. The lowest BCUT2D eigenvalue weighted by Gasteiger charge is -2.55. The van der Waals surface area contributed by atoms with Crippen molar-refractivity contribution in [2.75, 3.05) is 16.4 Å². The average Bonchev–Trinajstić information content (AvgIpc) is 3.15. The highest BCUT2D eigenvalue weighted by atomic mass is 32.2. The lowest BCUT2D eigenvalue weighted by atomic mass is 9.49. The van der Waals surface area contributed by atoms with E-state index in [4.69, 9.17) is 0 Å². The quantitative estimate of drug-likeness (QED) is 0.470. The molecule has 0 spiro atoms. The highest BCUT2D eigenvalue weighted by Gasteiger charge is 2.54. The number of hydrogen-bond donors (Lipinski definition) is 2. The Balaban J connectivity index is 1.16. The number of carbonyl (C=O) groups excluding carboxylic acids is 2. The maximum atomic E-state index is 13.2. The highest BCUT2D eigenvalue weighted by molar-refractivity contribution is 8.01.